The maximum atomic E-state index is 13.4. The van der Waals surface area contributed by atoms with E-state index in [1.54, 1.807) is 0 Å². The fraction of sp³-hybridized carbons (Fsp3) is 0.471. The molecule has 21 heavy (non-hydrogen) atoms. The van der Waals surface area contributed by atoms with Crippen molar-refractivity contribution < 1.29 is 14.3 Å². The predicted octanol–water partition coefficient (Wildman–Crippen LogP) is 2.72. The van der Waals surface area contributed by atoms with E-state index in [4.69, 9.17) is 5.11 Å². The van der Waals surface area contributed by atoms with Crippen LogP contribution in [0.3, 0.4) is 0 Å². The molecule has 2 N–H and O–H groups in total. The number of carbonyl (C=O) groups excluding carboxylic acids is 1. The van der Waals surface area contributed by atoms with Crippen molar-refractivity contribution >= 4 is 5.91 Å². The third-order valence-electron chi connectivity index (χ3n) is 3.64. The molecule has 1 unspecified atom stereocenters. The Hall–Kier alpha value is -1.86. The molecule has 0 saturated carbocycles. The topological polar surface area (TPSA) is 49.3 Å². The Morgan fingerprint density at radius 2 is 2.05 bits per heavy atom. The number of aliphatic hydroxyl groups is 1. The molecule has 1 aromatic rings. The number of rotatable bonds is 5. The highest BCUT2D eigenvalue weighted by molar-refractivity contribution is 5.96. The van der Waals surface area contributed by atoms with Gasteiger partial charge in [0.25, 0.3) is 5.91 Å². The number of amides is 1. The molecule has 0 aliphatic rings. The van der Waals surface area contributed by atoms with Gasteiger partial charge in [0.2, 0.25) is 0 Å². The maximum Gasteiger partial charge on any atom is 0.252 e. The van der Waals surface area contributed by atoms with Crippen LogP contribution in [0.1, 0.15) is 49.5 Å². The standard InChI is InChI=1S/C17H22FNO2/c1-4-13(5-2)12(3)19-17(21)16-11-15(18)9-8-14(16)7-6-10-20/h8-9,11-13,20H,4-5,10H2,1-3H3,(H,19,21). The summed E-state index contributed by atoms with van der Waals surface area (Å²) in [6.45, 7) is 5.81. The molecule has 0 aromatic heterocycles. The summed E-state index contributed by atoms with van der Waals surface area (Å²) in [5, 5.41) is 11.7. The van der Waals surface area contributed by atoms with Crippen LogP contribution >= 0.6 is 0 Å². The summed E-state index contributed by atoms with van der Waals surface area (Å²) in [5.74, 6) is 4.72. The monoisotopic (exact) mass is 291 g/mol. The molecule has 1 aromatic carbocycles. The van der Waals surface area contributed by atoms with Gasteiger partial charge in [-0.15, -0.1) is 0 Å². The Balaban J connectivity index is 2.98. The number of carbonyl (C=O) groups is 1. The molecule has 1 amide bonds. The largest absolute Gasteiger partial charge is 0.384 e. The van der Waals surface area contributed by atoms with E-state index in [1.165, 1.54) is 18.2 Å². The minimum atomic E-state index is -0.482. The van der Waals surface area contributed by atoms with E-state index in [1.807, 2.05) is 6.92 Å². The Morgan fingerprint density at radius 1 is 1.38 bits per heavy atom. The molecular formula is C17H22FNO2. The molecule has 4 heteroatoms. The van der Waals surface area contributed by atoms with E-state index in [-0.39, 0.29) is 24.1 Å². The third kappa shape index (κ3) is 4.87. The molecule has 0 aliphatic heterocycles. The van der Waals surface area contributed by atoms with E-state index < -0.39 is 5.82 Å². The number of hydrogen-bond donors (Lipinski definition) is 2. The first kappa shape index (κ1) is 17.2. The van der Waals surface area contributed by atoms with Crippen molar-refractivity contribution in [2.45, 2.75) is 39.7 Å². The first-order valence-electron chi connectivity index (χ1n) is 7.23. The smallest absolute Gasteiger partial charge is 0.252 e. The highest BCUT2D eigenvalue weighted by Gasteiger charge is 2.18. The number of hydrogen-bond acceptors (Lipinski definition) is 2. The lowest BCUT2D eigenvalue weighted by Gasteiger charge is -2.22. The lowest BCUT2D eigenvalue weighted by molar-refractivity contribution is 0.0924. The summed E-state index contributed by atoms with van der Waals surface area (Å²) in [6.07, 6.45) is 1.94. The minimum absolute atomic E-state index is 0.00872. The highest BCUT2D eigenvalue weighted by atomic mass is 19.1. The molecule has 1 rings (SSSR count). The maximum absolute atomic E-state index is 13.4. The number of nitrogens with one attached hydrogen (secondary N) is 1. The van der Waals surface area contributed by atoms with Gasteiger partial charge in [0.1, 0.15) is 12.4 Å². The molecule has 0 saturated heterocycles. The van der Waals surface area contributed by atoms with Gasteiger partial charge in [-0.2, -0.15) is 0 Å². The summed E-state index contributed by atoms with van der Waals surface area (Å²) in [6, 6.07) is 3.89. The van der Waals surface area contributed by atoms with E-state index in [2.05, 4.69) is 31.0 Å². The summed E-state index contributed by atoms with van der Waals surface area (Å²) in [4.78, 5) is 12.3. The van der Waals surface area contributed by atoms with Gasteiger partial charge in [-0.05, 0) is 31.0 Å². The minimum Gasteiger partial charge on any atom is -0.384 e. The van der Waals surface area contributed by atoms with E-state index in [0.717, 1.165) is 12.8 Å². The first-order chi connectivity index (χ1) is 10.0. The highest BCUT2D eigenvalue weighted by Crippen LogP contribution is 2.15. The molecule has 0 bridgehead atoms. The van der Waals surface area contributed by atoms with Gasteiger partial charge in [-0.25, -0.2) is 4.39 Å². The van der Waals surface area contributed by atoms with Gasteiger partial charge in [0.15, 0.2) is 0 Å². The lowest BCUT2D eigenvalue weighted by Crippen LogP contribution is -2.38. The number of benzene rings is 1. The molecule has 3 nitrogen and oxygen atoms in total. The quantitative estimate of drug-likeness (QED) is 0.820. The Bertz CT molecular complexity index is 541. The molecule has 114 valence electrons. The zero-order valence-corrected chi connectivity index (χ0v) is 12.7. The van der Waals surface area contributed by atoms with Gasteiger partial charge in [-0.3, -0.25) is 4.79 Å². The van der Waals surface area contributed by atoms with Crippen molar-refractivity contribution in [1.29, 1.82) is 0 Å². The van der Waals surface area contributed by atoms with Crippen molar-refractivity contribution in [2.75, 3.05) is 6.61 Å². The van der Waals surface area contributed by atoms with Crippen molar-refractivity contribution in [1.82, 2.24) is 5.32 Å². The third-order valence-corrected chi connectivity index (χ3v) is 3.64. The van der Waals surface area contributed by atoms with Crippen LogP contribution in [0.4, 0.5) is 4.39 Å². The summed E-state index contributed by atoms with van der Waals surface area (Å²) in [7, 11) is 0. The Kier molecular flexibility index (Phi) is 6.90. The molecule has 0 aliphatic carbocycles. The van der Waals surface area contributed by atoms with Crippen molar-refractivity contribution in [3.05, 3.63) is 35.1 Å². The molecule has 0 fully saturated rings. The van der Waals surface area contributed by atoms with Crippen LogP contribution in [-0.2, 0) is 0 Å². The normalized spacial score (nSPS) is 11.7. The van der Waals surface area contributed by atoms with Crippen molar-refractivity contribution in [3.8, 4) is 11.8 Å². The van der Waals surface area contributed by atoms with Crippen molar-refractivity contribution in [2.24, 2.45) is 5.92 Å². The molecular weight excluding hydrogens is 269 g/mol. The van der Waals surface area contributed by atoms with Crippen LogP contribution in [0.15, 0.2) is 18.2 Å². The fourth-order valence-corrected chi connectivity index (χ4v) is 2.35. The second-order valence-corrected chi connectivity index (χ2v) is 4.99. The SMILES string of the molecule is CCC(CC)C(C)NC(=O)c1cc(F)ccc1C#CCO. The van der Waals surface area contributed by atoms with E-state index >= 15 is 0 Å². The van der Waals surface area contributed by atoms with Gasteiger partial charge < -0.3 is 10.4 Å². The lowest BCUT2D eigenvalue weighted by atomic mass is 9.95. The molecule has 1 atom stereocenters. The summed E-state index contributed by atoms with van der Waals surface area (Å²) >= 11 is 0. The van der Waals surface area contributed by atoms with Gasteiger partial charge in [0, 0.05) is 11.6 Å². The molecule has 0 spiro atoms. The summed E-state index contributed by atoms with van der Waals surface area (Å²) < 4.78 is 13.4. The van der Waals surface area contributed by atoms with Crippen LogP contribution in [0.25, 0.3) is 0 Å². The average molecular weight is 291 g/mol. The Labute approximate surface area is 125 Å². The number of aliphatic hydroxyl groups excluding tert-OH is 1. The van der Waals surface area contributed by atoms with Crippen LogP contribution < -0.4 is 5.32 Å². The first-order valence-corrected chi connectivity index (χ1v) is 7.23. The van der Waals surface area contributed by atoms with Gasteiger partial charge in [-0.1, -0.05) is 38.5 Å². The van der Waals surface area contributed by atoms with E-state index in [0.29, 0.717) is 11.5 Å². The van der Waals surface area contributed by atoms with Crippen molar-refractivity contribution in [3.63, 3.8) is 0 Å². The van der Waals surface area contributed by atoms with Crippen LogP contribution in [0.5, 0.6) is 0 Å². The zero-order chi connectivity index (χ0) is 15.8. The summed E-state index contributed by atoms with van der Waals surface area (Å²) in [5.41, 5.74) is 0.619. The second kappa shape index (κ2) is 8.43. The Morgan fingerprint density at radius 3 is 2.62 bits per heavy atom. The molecule has 0 radical (unpaired) electrons. The van der Waals surface area contributed by atoms with Gasteiger partial charge >= 0.3 is 0 Å². The average Bonchev–Trinajstić information content (AvgIpc) is 2.47. The second-order valence-electron chi connectivity index (χ2n) is 4.99. The predicted molar refractivity (Wildman–Crippen MR) is 81.4 cm³/mol. The van der Waals surface area contributed by atoms with E-state index in [9.17, 15) is 9.18 Å². The van der Waals surface area contributed by atoms with Gasteiger partial charge in [0.05, 0.1) is 5.56 Å². The zero-order valence-electron chi connectivity index (χ0n) is 12.7. The number of halogens is 1. The molecule has 0 heterocycles. The van der Waals surface area contributed by atoms with Crippen LogP contribution in [0.2, 0.25) is 0 Å². The van der Waals surface area contributed by atoms with Crippen LogP contribution in [0, 0.1) is 23.6 Å². The fourth-order valence-electron chi connectivity index (χ4n) is 2.35. The van der Waals surface area contributed by atoms with Crippen LogP contribution in [-0.4, -0.2) is 23.7 Å².